The lowest BCUT2D eigenvalue weighted by atomic mass is 9.88. The van der Waals surface area contributed by atoms with Gasteiger partial charge in [-0.25, -0.2) is 0 Å². The summed E-state index contributed by atoms with van der Waals surface area (Å²) in [6.45, 7) is 1.06. The Labute approximate surface area is 312 Å². The normalized spacial score (nSPS) is 29.8. The molecule has 4 aliphatic heterocycles. The van der Waals surface area contributed by atoms with Crippen LogP contribution < -0.4 is 0 Å². The van der Waals surface area contributed by atoms with Crippen LogP contribution in [-0.4, -0.2) is 61.6 Å². The minimum absolute atomic E-state index is 0.142. The molecule has 4 rings (SSSR count). The number of thioether (sulfide) groups is 5. The number of rotatable bonds is 3. The molecule has 0 aromatic carbocycles. The lowest BCUT2D eigenvalue weighted by molar-refractivity contribution is -0.284. The Morgan fingerprint density at radius 1 is 0.463 bits per heavy atom. The zero-order chi connectivity index (χ0) is 42.2. The SMILES string of the molecule is CC1(/C(=C2\SSC3(C)SC(=C(C(F)(F)F)C(F)(F)F)C23)C2(C(C(F)(F)F)C(F)(F)F)SC(=C(C(F)(F)F)C(F)(F)F)S2)SC(=C(C(F)(F)F)C(F)(F)F)S1. The van der Waals surface area contributed by atoms with Crippen molar-refractivity contribution in [2.24, 2.45) is 11.8 Å². The van der Waals surface area contributed by atoms with Gasteiger partial charge in [-0.05, 0) is 19.4 Å². The first-order valence-electron chi connectivity index (χ1n) is 12.9. The van der Waals surface area contributed by atoms with Gasteiger partial charge in [-0.2, -0.15) is 105 Å². The van der Waals surface area contributed by atoms with Crippen LogP contribution in [0.4, 0.5) is 105 Å². The molecule has 0 spiro atoms. The number of hydrogen-bond donors (Lipinski definition) is 0. The average Bonchev–Trinajstić information content (AvgIpc) is 3.03. The average molecular weight is 965 g/mol. The van der Waals surface area contributed by atoms with Crippen LogP contribution in [0.15, 0.2) is 40.6 Å². The standard InChI is InChI=1S/C23H8F24S7/c1-13-3(4(48-13)7(16(24,25)26)17(27,28)29)5(53-54-13)6(14(2)49-10(50-14)8(18(30,31)32)19(33,34)35)15(12(22(42,43)44)23(45,46)47)51-11(52-15)9(20(36,37)38)21(39,40)41/h3,12H,1-2H3/b6-5+. The van der Waals surface area contributed by atoms with Crippen molar-refractivity contribution in [1.82, 2.24) is 0 Å². The summed E-state index contributed by atoms with van der Waals surface area (Å²) < 4.78 is 319. The monoisotopic (exact) mass is 964 g/mol. The molecule has 0 aromatic rings. The Hall–Kier alpha value is -0.270. The summed E-state index contributed by atoms with van der Waals surface area (Å²) in [4.78, 5) is -3.31. The van der Waals surface area contributed by atoms with E-state index in [1.807, 2.05) is 0 Å². The molecule has 0 aromatic heterocycles. The predicted octanol–water partition coefficient (Wildman–Crippen LogP) is 14.9. The van der Waals surface area contributed by atoms with Crippen LogP contribution >= 0.6 is 80.4 Å². The molecule has 2 atom stereocenters. The maximum atomic E-state index is 14.5. The quantitative estimate of drug-likeness (QED) is 0.202. The highest BCUT2D eigenvalue weighted by atomic mass is 33.1. The van der Waals surface area contributed by atoms with E-state index in [2.05, 4.69) is 0 Å². The van der Waals surface area contributed by atoms with Gasteiger partial charge < -0.3 is 0 Å². The number of alkyl halides is 24. The lowest BCUT2D eigenvalue weighted by Crippen LogP contribution is -2.58. The molecule has 0 bridgehead atoms. The smallest absolute Gasteiger partial charge is 0.170 e. The Balaban J connectivity index is 2.21. The number of fused-ring (bicyclic) bond motifs is 1. The molecule has 54 heavy (non-hydrogen) atoms. The number of halogens is 24. The highest BCUT2D eigenvalue weighted by Crippen LogP contribution is 2.84. The minimum Gasteiger partial charge on any atom is -0.170 e. The van der Waals surface area contributed by atoms with E-state index in [0.29, 0.717) is 0 Å². The molecule has 4 saturated heterocycles. The summed E-state index contributed by atoms with van der Waals surface area (Å²) in [7, 11) is -0.0577. The van der Waals surface area contributed by atoms with Crippen molar-refractivity contribution < 1.29 is 105 Å². The van der Waals surface area contributed by atoms with Crippen LogP contribution in [-0.2, 0) is 0 Å². The van der Waals surface area contributed by atoms with Gasteiger partial charge in [0.15, 0.2) is 17.1 Å². The van der Waals surface area contributed by atoms with E-state index in [-0.39, 0.29) is 40.3 Å². The molecule has 2 unspecified atom stereocenters. The molecule has 0 amide bonds. The van der Waals surface area contributed by atoms with Gasteiger partial charge in [-0.3, -0.25) is 0 Å². The first kappa shape index (κ1) is 46.4. The van der Waals surface area contributed by atoms with Crippen LogP contribution in [0.2, 0.25) is 0 Å². The highest BCUT2D eigenvalue weighted by Gasteiger charge is 2.77. The third kappa shape index (κ3) is 8.29. The second kappa shape index (κ2) is 13.4. The van der Waals surface area contributed by atoms with Crippen molar-refractivity contribution in [1.29, 1.82) is 0 Å². The molecule has 4 heterocycles. The summed E-state index contributed by atoms with van der Waals surface area (Å²) in [5.41, 5.74) is -12.4. The zero-order valence-electron chi connectivity index (χ0n) is 24.6. The van der Waals surface area contributed by atoms with Crippen molar-refractivity contribution in [3.8, 4) is 0 Å². The van der Waals surface area contributed by atoms with Gasteiger partial charge >= 0.3 is 49.4 Å². The predicted molar refractivity (Wildman–Crippen MR) is 156 cm³/mol. The number of allylic oxidation sites excluding steroid dienone is 5. The van der Waals surface area contributed by atoms with E-state index in [0.717, 1.165) is 6.92 Å². The number of hydrogen-bond acceptors (Lipinski definition) is 7. The first-order valence-corrected chi connectivity index (χ1v) is 19.1. The fraction of sp³-hybridized carbons (Fsp3) is 0.652. The van der Waals surface area contributed by atoms with E-state index in [9.17, 15) is 105 Å². The fourth-order valence-electron chi connectivity index (χ4n) is 5.36. The van der Waals surface area contributed by atoms with E-state index < -0.39 is 161 Å². The van der Waals surface area contributed by atoms with Crippen LogP contribution in [0.1, 0.15) is 13.8 Å². The molecule has 31 heteroatoms. The maximum absolute atomic E-state index is 14.5. The molecule has 0 radical (unpaired) electrons. The third-order valence-corrected chi connectivity index (χ3v) is 18.6. The minimum atomic E-state index is -6.82. The summed E-state index contributed by atoms with van der Waals surface area (Å²) in [6, 6.07) is 0. The summed E-state index contributed by atoms with van der Waals surface area (Å²) in [6.07, 6.45) is -52.4. The van der Waals surface area contributed by atoms with Gasteiger partial charge in [0, 0.05) is 15.7 Å². The maximum Gasteiger partial charge on any atom is 0.422 e. The van der Waals surface area contributed by atoms with E-state index in [1.54, 1.807) is 0 Å². The largest absolute Gasteiger partial charge is 0.422 e. The van der Waals surface area contributed by atoms with Gasteiger partial charge in [-0.1, -0.05) is 68.6 Å². The molecule has 0 saturated carbocycles. The molecule has 0 nitrogen and oxygen atoms in total. The Bertz CT molecular complexity index is 1590. The second-order valence-electron chi connectivity index (χ2n) is 11.0. The van der Waals surface area contributed by atoms with Crippen molar-refractivity contribution >= 4 is 80.4 Å². The van der Waals surface area contributed by atoms with Crippen LogP contribution in [0, 0.1) is 11.8 Å². The van der Waals surface area contributed by atoms with E-state index >= 15 is 0 Å². The van der Waals surface area contributed by atoms with Crippen molar-refractivity contribution in [2.45, 2.75) is 75.5 Å². The van der Waals surface area contributed by atoms with Crippen LogP contribution in [0.5, 0.6) is 0 Å². The molecular formula is C23H8F24S7. The Morgan fingerprint density at radius 3 is 1.11 bits per heavy atom. The van der Waals surface area contributed by atoms with Gasteiger partial charge in [0.2, 0.25) is 0 Å². The van der Waals surface area contributed by atoms with Crippen molar-refractivity contribution in [2.75, 3.05) is 0 Å². The zero-order valence-corrected chi connectivity index (χ0v) is 30.3. The summed E-state index contributed by atoms with van der Waals surface area (Å²) in [5, 5.41) is 0. The van der Waals surface area contributed by atoms with Gasteiger partial charge in [0.1, 0.15) is 9.65 Å². The van der Waals surface area contributed by atoms with Gasteiger partial charge in [0.25, 0.3) is 0 Å². The van der Waals surface area contributed by atoms with Crippen LogP contribution in [0.3, 0.4) is 0 Å². The molecule has 4 fully saturated rings. The van der Waals surface area contributed by atoms with E-state index in [4.69, 9.17) is 0 Å². The molecule has 0 aliphatic carbocycles. The second-order valence-corrected chi connectivity index (χ2v) is 21.8. The van der Waals surface area contributed by atoms with Gasteiger partial charge in [0.05, 0.1) is 16.6 Å². The van der Waals surface area contributed by atoms with Crippen molar-refractivity contribution in [3.63, 3.8) is 0 Å². The Morgan fingerprint density at radius 2 is 0.796 bits per heavy atom. The fourth-order valence-corrected chi connectivity index (χ4v) is 18.9. The molecule has 0 N–H and O–H groups in total. The molecule has 4 aliphatic rings. The lowest BCUT2D eigenvalue weighted by Gasteiger charge is -2.57. The van der Waals surface area contributed by atoms with Crippen LogP contribution in [0.25, 0.3) is 0 Å². The summed E-state index contributed by atoms with van der Waals surface area (Å²) in [5.74, 6) is -7.83. The highest BCUT2D eigenvalue weighted by molar-refractivity contribution is 8.81. The summed E-state index contributed by atoms with van der Waals surface area (Å²) >= 11 is -4.97. The topological polar surface area (TPSA) is 0 Å². The molecular weight excluding hydrogens is 957 g/mol. The Kier molecular flexibility index (Phi) is 11.5. The van der Waals surface area contributed by atoms with Crippen molar-refractivity contribution in [3.05, 3.63) is 40.6 Å². The third-order valence-electron chi connectivity index (χ3n) is 7.16. The molecule has 310 valence electrons. The van der Waals surface area contributed by atoms with E-state index in [1.165, 1.54) is 0 Å². The first-order chi connectivity index (χ1) is 23.5. The van der Waals surface area contributed by atoms with Gasteiger partial charge in [-0.15, -0.1) is 11.8 Å².